The van der Waals surface area contributed by atoms with E-state index in [2.05, 4.69) is 18.6 Å². The van der Waals surface area contributed by atoms with E-state index in [1.807, 2.05) is 0 Å². The molecule has 0 rings (SSSR count). The first-order valence-electron chi connectivity index (χ1n) is 2.88. The van der Waals surface area contributed by atoms with Crippen LogP contribution in [-0.4, -0.2) is 13.1 Å². The first kappa shape index (κ1) is 22.5. The summed E-state index contributed by atoms with van der Waals surface area (Å²) in [7, 11) is 0. The van der Waals surface area contributed by atoms with Crippen molar-refractivity contribution in [3.63, 3.8) is 0 Å². The van der Waals surface area contributed by atoms with E-state index in [0.717, 1.165) is 0 Å². The van der Waals surface area contributed by atoms with Gasteiger partial charge in [0.1, 0.15) is 0 Å². The Morgan fingerprint density at radius 1 is 1.30 bits per heavy atom. The fourth-order valence-electron chi connectivity index (χ4n) is 0.0680. The molecule has 0 amide bonds. The molecule has 0 aliphatic rings. The van der Waals surface area contributed by atoms with Gasteiger partial charge in [-0.3, -0.25) is 4.79 Å². The molecule has 0 aliphatic carbocycles. The molecule has 0 radical (unpaired) electrons. The van der Waals surface area contributed by atoms with Gasteiger partial charge in [-0.05, 0) is 6.92 Å². The van der Waals surface area contributed by atoms with E-state index in [4.69, 9.17) is 0 Å². The molecule has 0 fully saturated rings. The summed E-state index contributed by atoms with van der Waals surface area (Å²) in [6.45, 7) is 12.7. The van der Waals surface area contributed by atoms with Crippen LogP contribution in [0.25, 0.3) is 0 Å². The Morgan fingerprint density at radius 2 is 1.60 bits per heavy atom. The molecule has 2 nitrogen and oxygen atoms in total. The molecule has 0 aromatic heterocycles. The maximum atomic E-state index is 9.18. The molecule has 10 heavy (non-hydrogen) atoms. The number of hydrogen-bond donors (Lipinski definition) is 0. The van der Waals surface area contributed by atoms with Crippen LogP contribution in [0.15, 0.2) is 0 Å². The third-order valence-corrected chi connectivity index (χ3v) is 0.235. The molecule has 58 valence electrons. The summed E-state index contributed by atoms with van der Waals surface area (Å²) in [4.78, 5) is 9.18. The minimum absolute atomic E-state index is 0. The van der Waals surface area contributed by atoms with Crippen LogP contribution in [-0.2, 0) is 29.0 Å². The molecule has 0 spiro atoms. The largest absolute Gasteiger partial charge is 2.00 e. The molecule has 0 heterocycles. The Kier molecular flexibility index (Phi) is 140. The fraction of sp³-hybridized carbons (Fsp3) is 0.571. The van der Waals surface area contributed by atoms with E-state index in [1.54, 1.807) is 20.8 Å². The maximum Gasteiger partial charge on any atom is 2.00 e. The van der Waals surface area contributed by atoms with Gasteiger partial charge in [-0.2, -0.15) is 13.8 Å². The van der Waals surface area contributed by atoms with E-state index in [1.165, 1.54) is 0 Å². The molecule has 3 heteroatoms. The summed E-state index contributed by atoms with van der Waals surface area (Å²) in [5, 5.41) is 0. The number of carbonyl (C=O) groups is 1. The molecule has 0 bridgehead atoms. The number of hydrogen-bond acceptors (Lipinski definition) is 2. The van der Waals surface area contributed by atoms with Gasteiger partial charge in [-0.15, -0.1) is 0 Å². The monoisotopic (exact) mass is 196 g/mol. The van der Waals surface area contributed by atoms with Crippen molar-refractivity contribution < 1.29 is 29.0 Å². The van der Waals surface area contributed by atoms with Crippen molar-refractivity contribution >= 4 is 6.47 Å². The Labute approximate surface area is 77.1 Å². The van der Waals surface area contributed by atoms with Crippen LogP contribution in [0.3, 0.4) is 0 Å². The standard InChI is InChI=1S/C3H6O2.2C2H5.Zn/c1-2-5-3-4;2*1-2;/h3H,2H2,1H3;2*1H2,2H3;/q;2*-1;+2. The van der Waals surface area contributed by atoms with Gasteiger partial charge in [0.05, 0.1) is 6.61 Å². The Hall–Kier alpha value is 0.0934. The SMILES string of the molecule is CCOC=O.[CH2-]C.[CH2-]C.[Zn+2]. The summed E-state index contributed by atoms with van der Waals surface area (Å²) in [6, 6.07) is 0. The molecule has 0 saturated carbocycles. The van der Waals surface area contributed by atoms with Gasteiger partial charge < -0.3 is 18.6 Å². The van der Waals surface area contributed by atoms with Crippen molar-refractivity contribution in [1.29, 1.82) is 0 Å². The average Bonchev–Trinajstić information content (AvgIpc) is 1.98. The molecule has 0 unspecified atom stereocenters. The van der Waals surface area contributed by atoms with Crippen LogP contribution < -0.4 is 0 Å². The van der Waals surface area contributed by atoms with E-state index in [0.29, 0.717) is 13.1 Å². The first-order chi connectivity index (χ1) is 4.41. The average molecular weight is 198 g/mol. The smallest absolute Gasteiger partial charge is 0.468 e. The first-order valence-corrected chi connectivity index (χ1v) is 2.88. The molecule has 0 aromatic rings. The molecular formula is C7H16O2Zn. The number of rotatable bonds is 2. The molecular weight excluding hydrogens is 181 g/mol. The minimum atomic E-state index is 0. The van der Waals surface area contributed by atoms with Crippen molar-refractivity contribution in [2.75, 3.05) is 6.61 Å². The summed E-state index contributed by atoms with van der Waals surface area (Å²) < 4.78 is 4.15. The van der Waals surface area contributed by atoms with Crippen molar-refractivity contribution in [1.82, 2.24) is 0 Å². The Balaban J connectivity index is -0.0000000315. The van der Waals surface area contributed by atoms with E-state index in [-0.39, 0.29) is 19.5 Å². The van der Waals surface area contributed by atoms with E-state index < -0.39 is 0 Å². The molecule has 0 aliphatic heterocycles. The van der Waals surface area contributed by atoms with Crippen LogP contribution in [0.4, 0.5) is 0 Å². The third kappa shape index (κ3) is 92.9. The number of carbonyl (C=O) groups excluding carboxylic acids is 1. The Bertz CT molecular complexity index is 32.8. The van der Waals surface area contributed by atoms with Gasteiger partial charge >= 0.3 is 19.5 Å². The van der Waals surface area contributed by atoms with Crippen LogP contribution in [0.5, 0.6) is 0 Å². The van der Waals surface area contributed by atoms with Gasteiger partial charge in [-0.25, -0.2) is 0 Å². The molecule has 0 saturated heterocycles. The molecule has 0 atom stereocenters. The van der Waals surface area contributed by atoms with Crippen LogP contribution >= 0.6 is 0 Å². The third-order valence-electron chi connectivity index (χ3n) is 0.235. The quantitative estimate of drug-likeness (QED) is 0.384. The topological polar surface area (TPSA) is 26.3 Å². The minimum Gasteiger partial charge on any atom is -0.468 e. The van der Waals surface area contributed by atoms with E-state index in [9.17, 15) is 4.79 Å². The van der Waals surface area contributed by atoms with Gasteiger partial charge in [-0.1, -0.05) is 0 Å². The zero-order chi connectivity index (χ0) is 8.12. The van der Waals surface area contributed by atoms with Crippen LogP contribution in [0.1, 0.15) is 20.8 Å². The predicted octanol–water partition coefficient (Wildman–Crippen LogP) is 1.86. The summed E-state index contributed by atoms with van der Waals surface area (Å²) >= 11 is 0. The van der Waals surface area contributed by atoms with E-state index >= 15 is 0 Å². The van der Waals surface area contributed by atoms with Crippen molar-refractivity contribution in [3.8, 4) is 0 Å². The second-order valence-corrected chi connectivity index (χ2v) is 0.552. The van der Waals surface area contributed by atoms with Crippen molar-refractivity contribution in [2.45, 2.75) is 20.8 Å². The zero-order valence-corrected chi connectivity index (χ0v) is 10.2. The maximum absolute atomic E-state index is 9.18. The van der Waals surface area contributed by atoms with Crippen molar-refractivity contribution in [3.05, 3.63) is 13.8 Å². The molecule has 0 aromatic carbocycles. The normalized spacial score (nSPS) is 4.50. The predicted molar refractivity (Wildman–Crippen MR) is 39.8 cm³/mol. The van der Waals surface area contributed by atoms with Gasteiger partial charge in [0.25, 0.3) is 6.47 Å². The summed E-state index contributed by atoms with van der Waals surface area (Å²) in [5.74, 6) is 0. The second kappa shape index (κ2) is 62.2. The zero-order valence-electron chi connectivity index (χ0n) is 7.22. The van der Waals surface area contributed by atoms with Crippen LogP contribution in [0.2, 0.25) is 0 Å². The van der Waals surface area contributed by atoms with Crippen molar-refractivity contribution in [2.24, 2.45) is 0 Å². The number of ether oxygens (including phenoxy) is 1. The van der Waals surface area contributed by atoms with Gasteiger partial charge in [0.2, 0.25) is 0 Å². The van der Waals surface area contributed by atoms with Gasteiger partial charge in [0, 0.05) is 0 Å². The molecule has 0 N–H and O–H groups in total. The van der Waals surface area contributed by atoms with Crippen LogP contribution in [0, 0.1) is 13.8 Å². The van der Waals surface area contributed by atoms with Gasteiger partial charge in [0.15, 0.2) is 0 Å². The fourth-order valence-corrected chi connectivity index (χ4v) is 0.0680. The Morgan fingerprint density at radius 3 is 1.60 bits per heavy atom. The summed E-state index contributed by atoms with van der Waals surface area (Å²) in [6.07, 6.45) is 0. The summed E-state index contributed by atoms with van der Waals surface area (Å²) in [5.41, 5.74) is 0. The second-order valence-electron chi connectivity index (χ2n) is 0.552.